The van der Waals surface area contributed by atoms with Gasteiger partial charge in [-0.3, -0.25) is 9.69 Å². The van der Waals surface area contributed by atoms with Gasteiger partial charge in [-0.25, -0.2) is 0 Å². The van der Waals surface area contributed by atoms with Gasteiger partial charge in [0.05, 0.1) is 6.54 Å². The van der Waals surface area contributed by atoms with Gasteiger partial charge in [-0.15, -0.1) is 12.4 Å². The van der Waals surface area contributed by atoms with Crippen molar-refractivity contribution in [2.24, 2.45) is 0 Å². The Morgan fingerprint density at radius 3 is 2.58 bits per heavy atom. The number of nitrogens with one attached hydrogen (secondary N) is 2. The van der Waals surface area contributed by atoms with E-state index in [-0.39, 0.29) is 18.3 Å². The molecule has 5 heteroatoms. The zero-order chi connectivity index (χ0) is 8.10. The van der Waals surface area contributed by atoms with Gasteiger partial charge in [0.1, 0.15) is 0 Å². The highest BCUT2D eigenvalue weighted by Gasteiger charge is 2.11. The third-order valence-corrected chi connectivity index (χ3v) is 1.86. The first-order valence-electron chi connectivity index (χ1n) is 3.96. The molecule has 1 rings (SSSR count). The van der Waals surface area contributed by atoms with Gasteiger partial charge in [0.25, 0.3) is 0 Å². The summed E-state index contributed by atoms with van der Waals surface area (Å²) >= 11 is 0. The van der Waals surface area contributed by atoms with Crippen LogP contribution in [0.3, 0.4) is 0 Å². The largest absolute Gasteiger partial charge is 0.358 e. The SMILES string of the molecule is CNC(=O)CN1CCNCC1.Cl. The first-order valence-corrected chi connectivity index (χ1v) is 3.96. The van der Waals surface area contributed by atoms with E-state index in [1.807, 2.05) is 0 Å². The molecule has 2 N–H and O–H groups in total. The Labute approximate surface area is 79.1 Å². The predicted octanol–water partition coefficient (Wildman–Crippen LogP) is -0.941. The van der Waals surface area contributed by atoms with Crippen molar-refractivity contribution in [3.8, 4) is 0 Å². The van der Waals surface area contributed by atoms with E-state index in [0.717, 1.165) is 26.2 Å². The summed E-state index contributed by atoms with van der Waals surface area (Å²) < 4.78 is 0. The maximum Gasteiger partial charge on any atom is 0.233 e. The van der Waals surface area contributed by atoms with Gasteiger partial charge < -0.3 is 10.6 Å². The Balaban J connectivity index is 0.00000121. The quantitative estimate of drug-likeness (QED) is 0.595. The fourth-order valence-electron chi connectivity index (χ4n) is 1.15. The van der Waals surface area contributed by atoms with Crippen LogP contribution in [0.1, 0.15) is 0 Å². The standard InChI is InChI=1S/C7H15N3O.ClH/c1-8-7(11)6-10-4-2-9-3-5-10;/h9H,2-6H2,1H3,(H,8,11);1H. The van der Waals surface area contributed by atoms with Gasteiger partial charge >= 0.3 is 0 Å². The molecule has 0 aromatic rings. The Morgan fingerprint density at radius 2 is 2.08 bits per heavy atom. The van der Waals surface area contributed by atoms with E-state index in [9.17, 15) is 4.79 Å². The topological polar surface area (TPSA) is 44.4 Å². The zero-order valence-electron chi connectivity index (χ0n) is 7.30. The van der Waals surface area contributed by atoms with Crippen LogP contribution in [0.25, 0.3) is 0 Å². The molecule has 0 unspecified atom stereocenters. The number of hydrogen-bond donors (Lipinski definition) is 2. The normalized spacial score (nSPS) is 18.1. The van der Waals surface area contributed by atoms with Crippen LogP contribution in [0.5, 0.6) is 0 Å². The zero-order valence-corrected chi connectivity index (χ0v) is 8.12. The summed E-state index contributed by atoms with van der Waals surface area (Å²) in [6, 6.07) is 0. The Bertz CT molecular complexity index is 137. The number of likely N-dealkylation sites (N-methyl/N-ethyl adjacent to an activating group) is 1. The molecular formula is C7H16ClN3O. The van der Waals surface area contributed by atoms with Crippen LogP contribution >= 0.6 is 12.4 Å². The molecule has 4 nitrogen and oxygen atoms in total. The molecule has 1 heterocycles. The number of hydrogen-bond acceptors (Lipinski definition) is 3. The van der Waals surface area contributed by atoms with Crippen molar-refractivity contribution >= 4 is 18.3 Å². The second-order valence-corrected chi connectivity index (χ2v) is 2.70. The molecule has 0 spiro atoms. The Kier molecular flexibility index (Phi) is 6.06. The van der Waals surface area contributed by atoms with Crippen molar-refractivity contribution < 1.29 is 4.79 Å². The van der Waals surface area contributed by atoms with Gasteiger partial charge in [-0.1, -0.05) is 0 Å². The summed E-state index contributed by atoms with van der Waals surface area (Å²) in [6.45, 7) is 4.49. The van der Waals surface area contributed by atoms with Crippen LogP contribution in [0.15, 0.2) is 0 Å². The minimum atomic E-state index is 0. The summed E-state index contributed by atoms with van der Waals surface area (Å²) in [4.78, 5) is 13.1. The first-order chi connectivity index (χ1) is 5.33. The second-order valence-electron chi connectivity index (χ2n) is 2.70. The monoisotopic (exact) mass is 193 g/mol. The van der Waals surface area contributed by atoms with Crippen LogP contribution in [0, 0.1) is 0 Å². The lowest BCUT2D eigenvalue weighted by atomic mass is 10.3. The lowest BCUT2D eigenvalue weighted by Gasteiger charge is -2.26. The molecule has 1 amide bonds. The van der Waals surface area contributed by atoms with Crippen molar-refractivity contribution in [2.75, 3.05) is 39.8 Å². The van der Waals surface area contributed by atoms with Crippen molar-refractivity contribution in [2.45, 2.75) is 0 Å². The van der Waals surface area contributed by atoms with E-state index in [4.69, 9.17) is 0 Å². The summed E-state index contributed by atoms with van der Waals surface area (Å²) in [5.41, 5.74) is 0. The lowest BCUT2D eigenvalue weighted by Crippen LogP contribution is -2.47. The molecule has 0 aliphatic carbocycles. The van der Waals surface area contributed by atoms with Crippen LogP contribution in [-0.4, -0.2) is 50.6 Å². The first kappa shape index (κ1) is 11.7. The van der Waals surface area contributed by atoms with Gasteiger partial charge in [-0.05, 0) is 0 Å². The highest BCUT2D eigenvalue weighted by Crippen LogP contribution is 1.90. The third-order valence-electron chi connectivity index (χ3n) is 1.86. The fraction of sp³-hybridized carbons (Fsp3) is 0.857. The van der Waals surface area contributed by atoms with Gasteiger partial charge in [0.2, 0.25) is 5.91 Å². The van der Waals surface area contributed by atoms with E-state index in [1.165, 1.54) is 0 Å². The molecule has 0 saturated carbocycles. The van der Waals surface area contributed by atoms with Crippen molar-refractivity contribution in [3.63, 3.8) is 0 Å². The highest BCUT2D eigenvalue weighted by atomic mass is 35.5. The van der Waals surface area contributed by atoms with Crippen LogP contribution < -0.4 is 10.6 Å². The van der Waals surface area contributed by atoms with Crippen LogP contribution in [0.4, 0.5) is 0 Å². The molecule has 12 heavy (non-hydrogen) atoms. The minimum absolute atomic E-state index is 0. The van der Waals surface area contributed by atoms with Gasteiger partial charge in [0, 0.05) is 33.2 Å². The van der Waals surface area contributed by atoms with Crippen LogP contribution in [0.2, 0.25) is 0 Å². The molecule has 72 valence electrons. The van der Waals surface area contributed by atoms with Crippen molar-refractivity contribution in [1.82, 2.24) is 15.5 Å². The molecular weight excluding hydrogens is 178 g/mol. The molecule has 1 fully saturated rings. The Hall–Kier alpha value is -0.320. The summed E-state index contributed by atoms with van der Waals surface area (Å²) in [7, 11) is 1.67. The second kappa shape index (κ2) is 6.22. The number of rotatable bonds is 2. The van der Waals surface area contributed by atoms with Crippen molar-refractivity contribution in [1.29, 1.82) is 0 Å². The minimum Gasteiger partial charge on any atom is -0.358 e. The van der Waals surface area contributed by atoms with Gasteiger partial charge in [-0.2, -0.15) is 0 Å². The number of carbonyl (C=O) groups is 1. The number of nitrogens with zero attached hydrogens (tertiary/aromatic N) is 1. The molecule has 0 bridgehead atoms. The van der Waals surface area contributed by atoms with Crippen LogP contribution in [-0.2, 0) is 4.79 Å². The number of carbonyl (C=O) groups excluding carboxylic acids is 1. The lowest BCUT2D eigenvalue weighted by molar-refractivity contribution is -0.121. The third kappa shape index (κ3) is 3.90. The number of piperazine rings is 1. The average molecular weight is 194 g/mol. The van der Waals surface area contributed by atoms with E-state index in [1.54, 1.807) is 7.05 Å². The van der Waals surface area contributed by atoms with E-state index in [0.29, 0.717) is 6.54 Å². The molecule has 0 radical (unpaired) electrons. The average Bonchev–Trinajstić information content (AvgIpc) is 2.06. The molecule has 0 aromatic heterocycles. The number of halogens is 1. The molecule has 1 aliphatic rings. The predicted molar refractivity (Wildman–Crippen MR) is 50.6 cm³/mol. The molecule has 0 atom stereocenters. The van der Waals surface area contributed by atoms with E-state index < -0.39 is 0 Å². The van der Waals surface area contributed by atoms with E-state index in [2.05, 4.69) is 15.5 Å². The summed E-state index contributed by atoms with van der Waals surface area (Å²) in [6.07, 6.45) is 0. The maximum absolute atomic E-state index is 10.9. The fourth-order valence-corrected chi connectivity index (χ4v) is 1.15. The maximum atomic E-state index is 10.9. The number of amides is 1. The summed E-state index contributed by atoms with van der Waals surface area (Å²) in [5.74, 6) is 0.104. The summed E-state index contributed by atoms with van der Waals surface area (Å²) in [5, 5.41) is 5.84. The van der Waals surface area contributed by atoms with E-state index >= 15 is 0 Å². The highest BCUT2D eigenvalue weighted by molar-refractivity contribution is 5.85. The molecule has 0 aromatic carbocycles. The Morgan fingerprint density at radius 1 is 1.50 bits per heavy atom. The molecule has 1 saturated heterocycles. The molecule has 1 aliphatic heterocycles. The van der Waals surface area contributed by atoms with Crippen molar-refractivity contribution in [3.05, 3.63) is 0 Å². The smallest absolute Gasteiger partial charge is 0.233 e. The van der Waals surface area contributed by atoms with Gasteiger partial charge in [0.15, 0.2) is 0 Å².